The van der Waals surface area contributed by atoms with Crippen molar-refractivity contribution in [3.05, 3.63) is 59.3 Å². The molecule has 6 nitrogen and oxygen atoms in total. The fourth-order valence-electron chi connectivity index (χ4n) is 2.89. The summed E-state index contributed by atoms with van der Waals surface area (Å²) in [7, 11) is 1.34. The van der Waals surface area contributed by atoms with Crippen molar-refractivity contribution in [2.24, 2.45) is 0 Å². The average Bonchev–Trinajstić information content (AvgIpc) is 3.05. The summed E-state index contributed by atoms with van der Waals surface area (Å²) in [5, 5.41) is 8.28. The van der Waals surface area contributed by atoms with Crippen LogP contribution in [-0.2, 0) is 16.1 Å². The van der Waals surface area contributed by atoms with E-state index in [0.717, 1.165) is 22.0 Å². The number of nitrogens with one attached hydrogen (secondary N) is 1. The van der Waals surface area contributed by atoms with Crippen molar-refractivity contribution in [3.8, 4) is 0 Å². The van der Waals surface area contributed by atoms with E-state index < -0.39 is 5.97 Å². The molecule has 0 aliphatic carbocycles. The molecule has 6 heteroatoms. The highest BCUT2D eigenvalue weighted by atomic mass is 16.5. The van der Waals surface area contributed by atoms with E-state index in [0.29, 0.717) is 17.8 Å². The number of ether oxygens (including phenoxy) is 1. The van der Waals surface area contributed by atoms with E-state index in [1.165, 1.54) is 7.11 Å². The monoisotopic (exact) mass is 351 g/mol. The molecule has 0 saturated heterocycles. The molecule has 0 bridgehead atoms. The van der Waals surface area contributed by atoms with E-state index in [1.807, 2.05) is 42.9 Å². The number of aromatic nitrogens is 2. The van der Waals surface area contributed by atoms with Crippen molar-refractivity contribution >= 4 is 28.5 Å². The molecule has 3 aromatic rings. The first-order valence-electron chi connectivity index (χ1n) is 8.39. The zero-order chi connectivity index (χ0) is 18.7. The number of benzene rings is 2. The smallest absolute Gasteiger partial charge is 0.338 e. The number of amides is 1. The van der Waals surface area contributed by atoms with E-state index in [1.54, 1.807) is 18.2 Å². The van der Waals surface area contributed by atoms with Gasteiger partial charge in [0.15, 0.2) is 0 Å². The van der Waals surface area contributed by atoms with Crippen LogP contribution in [0.25, 0.3) is 10.9 Å². The van der Waals surface area contributed by atoms with Crippen molar-refractivity contribution in [1.29, 1.82) is 0 Å². The molecule has 3 rings (SSSR count). The van der Waals surface area contributed by atoms with Gasteiger partial charge in [-0.15, -0.1) is 0 Å². The summed E-state index contributed by atoms with van der Waals surface area (Å²) in [4.78, 5) is 24.0. The molecule has 1 aromatic heterocycles. The van der Waals surface area contributed by atoms with Crippen LogP contribution in [0, 0.1) is 13.8 Å². The molecule has 1 amide bonds. The van der Waals surface area contributed by atoms with Crippen LogP contribution in [0.4, 0.5) is 5.69 Å². The molecule has 0 radical (unpaired) electrons. The zero-order valence-electron chi connectivity index (χ0n) is 15.1. The second-order valence-electron chi connectivity index (χ2n) is 6.19. The predicted molar refractivity (Wildman–Crippen MR) is 100 cm³/mol. The van der Waals surface area contributed by atoms with Crippen LogP contribution in [0.1, 0.15) is 27.9 Å². The van der Waals surface area contributed by atoms with E-state index in [4.69, 9.17) is 4.74 Å². The third-order valence-corrected chi connectivity index (χ3v) is 4.38. The molecule has 0 aliphatic rings. The second kappa shape index (κ2) is 7.39. The van der Waals surface area contributed by atoms with Gasteiger partial charge >= 0.3 is 5.97 Å². The first-order chi connectivity index (χ1) is 12.5. The Labute approximate surface area is 151 Å². The summed E-state index contributed by atoms with van der Waals surface area (Å²) in [5.41, 5.74) is 3.99. The van der Waals surface area contributed by atoms with Crippen LogP contribution in [-0.4, -0.2) is 28.8 Å². The number of carbonyl (C=O) groups excluding carboxylic acids is 2. The minimum Gasteiger partial charge on any atom is -0.465 e. The highest BCUT2D eigenvalue weighted by Crippen LogP contribution is 2.19. The maximum absolute atomic E-state index is 12.3. The number of rotatable bonds is 5. The molecule has 1 N–H and O–H groups in total. The number of methoxy groups -OCH3 is 1. The molecule has 134 valence electrons. The Hall–Kier alpha value is -3.15. The zero-order valence-corrected chi connectivity index (χ0v) is 15.1. The second-order valence-corrected chi connectivity index (χ2v) is 6.19. The van der Waals surface area contributed by atoms with Crippen LogP contribution >= 0.6 is 0 Å². The quantitative estimate of drug-likeness (QED) is 0.715. The van der Waals surface area contributed by atoms with Gasteiger partial charge in [-0.05, 0) is 43.2 Å². The van der Waals surface area contributed by atoms with Gasteiger partial charge in [0.05, 0.1) is 30.9 Å². The summed E-state index contributed by atoms with van der Waals surface area (Å²) in [5.74, 6) is -0.557. The third-order valence-electron chi connectivity index (χ3n) is 4.38. The lowest BCUT2D eigenvalue weighted by molar-refractivity contribution is -0.116. The first kappa shape index (κ1) is 17.7. The van der Waals surface area contributed by atoms with Crippen LogP contribution in [0.15, 0.2) is 42.6 Å². The molecule has 0 atom stereocenters. The molecule has 0 unspecified atom stereocenters. The largest absolute Gasteiger partial charge is 0.465 e. The molecule has 0 fully saturated rings. The lowest BCUT2D eigenvalue weighted by atomic mass is 10.1. The Morgan fingerprint density at radius 2 is 1.96 bits per heavy atom. The Kier molecular flexibility index (Phi) is 5.02. The Morgan fingerprint density at radius 3 is 2.73 bits per heavy atom. The van der Waals surface area contributed by atoms with Crippen molar-refractivity contribution in [3.63, 3.8) is 0 Å². The molecular formula is C20H21N3O3. The molecule has 26 heavy (non-hydrogen) atoms. The van der Waals surface area contributed by atoms with E-state index in [-0.39, 0.29) is 12.3 Å². The predicted octanol–water partition coefficient (Wildman–Crippen LogP) is 3.47. The van der Waals surface area contributed by atoms with E-state index in [2.05, 4.69) is 10.4 Å². The van der Waals surface area contributed by atoms with Gasteiger partial charge in [0, 0.05) is 17.5 Å². The number of esters is 1. The number of aryl methyl sites for hydroxylation is 3. The summed E-state index contributed by atoms with van der Waals surface area (Å²) in [6.45, 7) is 4.34. The summed E-state index contributed by atoms with van der Waals surface area (Å²) < 4.78 is 6.59. The topological polar surface area (TPSA) is 73.2 Å². The van der Waals surface area contributed by atoms with Crippen LogP contribution < -0.4 is 5.32 Å². The van der Waals surface area contributed by atoms with Gasteiger partial charge < -0.3 is 10.1 Å². The van der Waals surface area contributed by atoms with Gasteiger partial charge in [0.1, 0.15) is 0 Å². The number of hydrogen-bond donors (Lipinski definition) is 1. The lowest BCUT2D eigenvalue weighted by Crippen LogP contribution is -2.15. The van der Waals surface area contributed by atoms with Crippen LogP contribution in [0.2, 0.25) is 0 Å². The number of carbonyl (C=O) groups is 2. The Bertz CT molecular complexity index is 976. The molecule has 0 spiro atoms. The van der Waals surface area contributed by atoms with Crippen LogP contribution in [0.5, 0.6) is 0 Å². The SMILES string of the molecule is COC(=O)c1cc(NC(=O)CCn2ncc3c(C)cccc32)ccc1C. The maximum atomic E-state index is 12.3. The van der Waals surface area contributed by atoms with E-state index in [9.17, 15) is 9.59 Å². The van der Waals surface area contributed by atoms with Crippen molar-refractivity contribution in [1.82, 2.24) is 9.78 Å². The van der Waals surface area contributed by atoms with Gasteiger partial charge in [-0.25, -0.2) is 4.79 Å². The number of fused-ring (bicyclic) bond motifs is 1. The number of nitrogens with zero attached hydrogens (tertiary/aromatic N) is 2. The highest BCUT2D eigenvalue weighted by Gasteiger charge is 2.12. The molecule has 0 aliphatic heterocycles. The Balaban J connectivity index is 1.67. The lowest BCUT2D eigenvalue weighted by Gasteiger charge is -2.09. The van der Waals surface area contributed by atoms with Crippen molar-refractivity contribution < 1.29 is 14.3 Å². The number of hydrogen-bond acceptors (Lipinski definition) is 4. The third kappa shape index (κ3) is 3.59. The van der Waals surface area contributed by atoms with Gasteiger partial charge in [-0.1, -0.05) is 18.2 Å². The molecule has 1 heterocycles. The minimum absolute atomic E-state index is 0.138. The Morgan fingerprint density at radius 1 is 1.15 bits per heavy atom. The van der Waals surface area contributed by atoms with Gasteiger partial charge in [-0.2, -0.15) is 5.10 Å². The maximum Gasteiger partial charge on any atom is 0.338 e. The van der Waals surface area contributed by atoms with E-state index >= 15 is 0 Å². The molecular weight excluding hydrogens is 330 g/mol. The standard InChI is InChI=1S/C20H21N3O3/c1-13-5-4-6-18-17(13)12-21-23(18)10-9-19(24)22-15-8-7-14(2)16(11-15)20(25)26-3/h4-8,11-12H,9-10H2,1-3H3,(H,22,24). The highest BCUT2D eigenvalue weighted by molar-refractivity contribution is 5.95. The van der Waals surface area contributed by atoms with Crippen molar-refractivity contribution in [2.75, 3.05) is 12.4 Å². The normalized spacial score (nSPS) is 10.7. The van der Waals surface area contributed by atoms with Crippen LogP contribution in [0.3, 0.4) is 0 Å². The average molecular weight is 351 g/mol. The van der Waals surface area contributed by atoms with Gasteiger partial charge in [0.25, 0.3) is 0 Å². The minimum atomic E-state index is -0.419. The summed E-state index contributed by atoms with van der Waals surface area (Å²) in [6, 6.07) is 11.2. The fourth-order valence-corrected chi connectivity index (χ4v) is 2.89. The van der Waals surface area contributed by atoms with Crippen molar-refractivity contribution in [2.45, 2.75) is 26.8 Å². The molecule has 2 aromatic carbocycles. The first-order valence-corrected chi connectivity index (χ1v) is 8.39. The fraction of sp³-hybridized carbons (Fsp3) is 0.250. The molecule has 0 saturated carbocycles. The number of anilines is 1. The summed E-state index contributed by atoms with van der Waals surface area (Å²) >= 11 is 0. The summed E-state index contributed by atoms with van der Waals surface area (Å²) in [6.07, 6.45) is 2.11. The van der Waals surface area contributed by atoms with Gasteiger partial charge in [0.2, 0.25) is 5.91 Å². The van der Waals surface area contributed by atoms with Gasteiger partial charge in [-0.3, -0.25) is 9.48 Å².